The smallest absolute Gasteiger partial charge is 0.497 e. The summed E-state index contributed by atoms with van der Waals surface area (Å²) in [6, 6.07) is 12.1. The number of methoxy groups -OCH3 is 1. The second-order valence-electron chi connectivity index (χ2n) is 9.34. The Bertz CT molecular complexity index is 1040. The number of hydrogen-bond donors (Lipinski definition) is 2. The SMILES string of the molecule is COc1ccc([C@H](CC(=O)N2CCOCC2)C(=O)N[C@H](CNc2ccc(OC(F)(F)F)cc2)C(C)C)cc1. The number of carbonyl (C=O) groups excluding carboxylic acids is 2. The lowest BCUT2D eigenvalue weighted by atomic mass is 9.92. The molecule has 0 unspecified atom stereocenters. The molecule has 2 amide bonds. The fraction of sp³-hybridized carbons (Fsp3) is 0.481. The number of anilines is 1. The second kappa shape index (κ2) is 13.4. The van der Waals surface area contributed by atoms with Crippen LogP contribution in [0.5, 0.6) is 11.5 Å². The summed E-state index contributed by atoms with van der Waals surface area (Å²) >= 11 is 0. The first-order valence-electron chi connectivity index (χ1n) is 12.4. The Morgan fingerprint density at radius 2 is 1.61 bits per heavy atom. The van der Waals surface area contributed by atoms with E-state index in [1.54, 1.807) is 36.3 Å². The molecule has 0 saturated carbocycles. The Balaban J connectivity index is 1.69. The molecule has 2 aromatic carbocycles. The standard InChI is InChI=1S/C27H34F3N3O5/c1-18(2)24(17-31-20-6-10-22(11-7-20)38-27(28,29)30)32-26(35)23(19-4-8-21(36-3)9-5-19)16-25(34)33-12-14-37-15-13-33/h4-11,18,23-24,31H,12-17H2,1-3H3,(H,32,35)/t23-,24+/m0/s1. The Hall–Kier alpha value is -3.47. The molecule has 1 aliphatic heterocycles. The molecule has 0 spiro atoms. The molecule has 1 fully saturated rings. The molecule has 1 saturated heterocycles. The lowest BCUT2D eigenvalue weighted by Crippen LogP contribution is -2.47. The van der Waals surface area contributed by atoms with Crippen molar-refractivity contribution in [1.82, 2.24) is 10.2 Å². The van der Waals surface area contributed by atoms with Crippen LogP contribution < -0.4 is 20.1 Å². The van der Waals surface area contributed by atoms with Gasteiger partial charge in [-0.15, -0.1) is 13.2 Å². The molecule has 38 heavy (non-hydrogen) atoms. The molecule has 0 radical (unpaired) electrons. The van der Waals surface area contributed by atoms with Crippen LogP contribution in [-0.4, -0.2) is 69.1 Å². The van der Waals surface area contributed by atoms with Gasteiger partial charge in [-0.2, -0.15) is 0 Å². The summed E-state index contributed by atoms with van der Waals surface area (Å²) in [7, 11) is 1.55. The molecule has 11 heteroatoms. The van der Waals surface area contributed by atoms with Crippen LogP contribution in [0.25, 0.3) is 0 Å². The molecule has 1 aliphatic rings. The van der Waals surface area contributed by atoms with Gasteiger partial charge in [0.25, 0.3) is 0 Å². The van der Waals surface area contributed by atoms with Crippen molar-refractivity contribution >= 4 is 17.5 Å². The van der Waals surface area contributed by atoms with E-state index in [1.165, 1.54) is 24.3 Å². The molecule has 0 aliphatic carbocycles. The summed E-state index contributed by atoms with van der Waals surface area (Å²) in [6.45, 7) is 6.14. The van der Waals surface area contributed by atoms with Crippen molar-refractivity contribution in [2.45, 2.75) is 38.6 Å². The number of carbonyl (C=O) groups is 2. The van der Waals surface area contributed by atoms with Gasteiger partial charge in [-0.1, -0.05) is 26.0 Å². The molecule has 0 bridgehead atoms. The maximum absolute atomic E-state index is 13.5. The minimum atomic E-state index is -4.76. The van der Waals surface area contributed by atoms with E-state index in [-0.39, 0.29) is 35.9 Å². The van der Waals surface area contributed by atoms with Crippen molar-refractivity contribution in [2.24, 2.45) is 5.92 Å². The van der Waals surface area contributed by atoms with E-state index >= 15 is 0 Å². The molecule has 208 valence electrons. The minimum absolute atomic E-state index is 0.0110. The number of halogens is 3. The van der Waals surface area contributed by atoms with Crippen molar-refractivity contribution in [1.29, 1.82) is 0 Å². The van der Waals surface area contributed by atoms with Crippen LogP contribution in [0.15, 0.2) is 48.5 Å². The van der Waals surface area contributed by atoms with Crippen LogP contribution >= 0.6 is 0 Å². The highest BCUT2D eigenvalue weighted by Gasteiger charge is 2.31. The minimum Gasteiger partial charge on any atom is -0.497 e. The highest BCUT2D eigenvalue weighted by molar-refractivity contribution is 5.90. The Morgan fingerprint density at radius 3 is 2.16 bits per heavy atom. The number of hydrogen-bond acceptors (Lipinski definition) is 6. The summed E-state index contributed by atoms with van der Waals surface area (Å²) in [6.07, 6.45) is -4.75. The average molecular weight is 538 g/mol. The van der Waals surface area contributed by atoms with E-state index < -0.39 is 12.3 Å². The van der Waals surface area contributed by atoms with Gasteiger partial charge in [0.15, 0.2) is 0 Å². The lowest BCUT2D eigenvalue weighted by Gasteiger charge is -2.30. The Kier molecular flexibility index (Phi) is 10.2. The van der Waals surface area contributed by atoms with E-state index in [9.17, 15) is 22.8 Å². The molecular formula is C27H34F3N3O5. The van der Waals surface area contributed by atoms with Gasteiger partial charge in [0.1, 0.15) is 11.5 Å². The largest absolute Gasteiger partial charge is 0.573 e. The van der Waals surface area contributed by atoms with E-state index in [1.807, 2.05) is 13.8 Å². The maximum Gasteiger partial charge on any atom is 0.573 e. The Morgan fingerprint density at radius 1 is 1.00 bits per heavy atom. The highest BCUT2D eigenvalue weighted by atomic mass is 19.4. The summed E-state index contributed by atoms with van der Waals surface area (Å²) in [5.41, 5.74) is 1.27. The molecule has 2 atom stereocenters. The van der Waals surface area contributed by atoms with Crippen LogP contribution in [0.3, 0.4) is 0 Å². The summed E-state index contributed by atoms with van der Waals surface area (Å²) in [5.74, 6) is -0.759. The van der Waals surface area contributed by atoms with Crippen LogP contribution in [0.4, 0.5) is 18.9 Å². The molecule has 1 heterocycles. The third-order valence-electron chi connectivity index (χ3n) is 6.32. The molecular weight excluding hydrogens is 503 g/mol. The lowest BCUT2D eigenvalue weighted by molar-refractivity contribution is -0.274. The number of ether oxygens (including phenoxy) is 3. The summed E-state index contributed by atoms with van der Waals surface area (Å²) in [5, 5.41) is 6.21. The summed E-state index contributed by atoms with van der Waals surface area (Å²) in [4.78, 5) is 28.3. The average Bonchev–Trinajstić information content (AvgIpc) is 2.89. The van der Waals surface area contributed by atoms with Gasteiger partial charge in [-0.3, -0.25) is 9.59 Å². The van der Waals surface area contributed by atoms with Gasteiger partial charge in [-0.25, -0.2) is 0 Å². The predicted octanol–water partition coefficient (Wildman–Crippen LogP) is 4.18. The third-order valence-corrected chi connectivity index (χ3v) is 6.32. The van der Waals surface area contributed by atoms with Crippen LogP contribution in [0.2, 0.25) is 0 Å². The first-order valence-corrected chi connectivity index (χ1v) is 12.4. The third kappa shape index (κ3) is 8.83. The van der Waals surface area contributed by atoms with Gasteiger partial charge in [0.2, 0.25) is 11.8 Å². The van der Waals surface area contributed by atoms with E-state index in [0.29, 0.717) is 49.8 Å². The quantitative estimate of drug-likeness (QED) is 0.447. The number of amides is 2. The fourth-order valence-electron chi connectivity index (χ4n) is 4.05. The van der Waals surface area contributed by atoms with Gasteiger partial charge >= 0.3 is 6.36 Å². The zero-order valence-corrected chi connectivity index (χ0v) is 21.7. The van der Waals surface area contributed by atoms with Crippen molar-refractivity contribution in [2.75, 3.05) is 45.3 Å². The number of alkyl halides is 3. The molecule has 2 N–H and O–H groups in total. The van der Waals surface area contributed by atoms with Crippen molar-refractivity contribution in [3.05, 3.63) is 54.1 Å². The van der Waals surface area contributed by atoms with Gasteiger partial charge in [-0.05, 0) is 47.9 Å². The molecule has 3 rings (SSSR count). The molecule has 2 aromatic rings. The van der Waals surface area contributed by atoms with Crippen molar-refractivity contribution in [3.63, 3.8) is 0 Å². The van der Waals surface area contributed by atoms with Gasteiger partial charge in [0.05, 0.1) is 26.2 Å². The first-order chi connectivity index (χ1) is 18.1. The van der Waals surface area contributed by atoms with E-state index in [4.69, 9.17) is 9.47 Å². The molecule has 8 nitrogen and oxygen atoms in total. The molecule has 0 aromatic heterocycles. The number of benzene rings is 2. The summed E-state index contributed by atoms with van der Waals surface area (Å²) < 4.78 is 51.7. The second-order valence-corrected chi connectivity index (χ2v) is 9.34. The van der Waals surface area contributed by atoms with E-state index in [0.717, 1.165) is 0 Å². The number of nitrogens with one attached hydrogen (secondary N) is 2. The van der Waals surface area contributed by atoms with Crippen molar-refractivity contribution < 1.29 is 37.0 Å². The van der Waals surface area contributed by atoms with Crippen LogP contribution in [0.1, 0.15) is 31.7 Å². The zero-order chi connectivity index (χ0) is 27.7. The number of rotatable bonds is 11. The normalized spacial score (nSPS) is 15.5. The first kappa shape index (κ1) is 29.1. The zero-order valence-electron chi connectivity index (χ0n) is 21.7. The van der Waals surface area contributed by atoms with Gasteiger partial charge in [0, 0.05) is 37.8 Å². The van der Waals surface area contributed by atoms with Crippen LogP contribution in [-0.2, 0) is 14.3 Å². The topological polar surface area (TPSA) is 89.1 Å². The van der Waals surface area contributed by atoms with E-state index in [2.05, 4.69) is 15.4 Å². The van der Waals surface area contributed by atoms with Crippen LogP contribution in [0, 0.1) is 5.92 Å². The number of nitrogens with zero attached hydrogens (tertiary/aromatic N) is 1. The Labute approximate surface area is 220 Å². The monoisotopic (exact) mass is 537 g/mol. The predicted molar refractivity (Wildman–Crippen MR) is 136 cm³/mol. The van der Waals surface area contributed by atoms with Gasteiger partial charge < -0.3 is 29.7 Å². The van der Waals surface area contributed by atoms with Crippen molar-refractivity contribution in [3.8, 4) is 11.5 Å². The fourth-order valence-corrected chi connectivity index (χ4v) is 4.05. The number of morpholine rings is 1. The maximum atomic E-state index is 13.5. The highest BCUT2D eigenvalue weighted by Crippen LogP contribution is 2.26.